The van der Waals surface area contributed by atoms with Crippen LogP contribution in [-0.2, 0) is 4.79 Å². The Hall–Kier alpha value is -0.900. The molecule has 2 nitrogen and oxygen atoms in total. The number of halogens is 2. The van der Waals surface area contributed by atoms with Crippen LogP contribution >= 0.6 is 15.9 Å². The molecule has 0 spiro atoms. The molecule has 76 valence electrons. The Morgan fingerprint density at radius 3 is 2.36 bits per heavy atom. The molecule has 0 amide bonds. The number of alkyl halides is 1. The van der Waals surface area contributed by atoms with Crippen molar-refractivity contribution in [2.24, 2.45) is 0 Å². The summed E-state index contributed by atoms with van der Waals surface area (Å²) in [4.78, 5) is 10.4. The molecule has 0 radical (unpaired) electrons. The van der Waals surface area contributed by atoms with Crippen LogP contribution in [0.3, 0.4) is 0 Å². The van der Waals surface area contributed by atoms with Crippen LogP contribution in [0.15, 0.2) is 28.7 Å². The average molecular weight is 261 g/mol. The summed E-state index contributed by atoms with van der Waals surface area (Å²) in [6.45, 7) is 1.56. The molecule has 1 aromatic rings. The molecule has 2 atom stereocenters. The summed E-state index contributed by atoms with van der Waals surface area (Å²) in [6, 6.07) is 6.95. The second kappa shape index (κ2) is 4.55. The highest BCUT2D eigenvalue weighted by molar-refractivity contribution is 9.10. The van der Waals surface area contributed by atoms with Crippen molar-refractivity contribution in [3.05, 3.63) is 34.3 Å². The van der Waals surface area contributed by atoms with E-state index in [4.69, 9.17) is 5.11 Å². The SMILES string of the molecule is CC(c1ccc(Br)cc1)C(F)C(=O)O. The van der Waals surface area contributed by atoms with Gasteiger partial charge in [-0.05, 0) is 17.7 Å². The third kappa shape index (κ3) is 2.54. The van der Waals surface area contributed by atoms with Gasteiger partial charge in [-0.3, -0.25) is 0 Å². The molecule has 0 aromatic heterocycles. The Labute approximate surface area is 89.9 Å². The highest BCUT2D eigenvalue weighted by atomic mass is 79.9. The number of hydrogen-bond donors (Lipinski definition) is 1. The number of benzene rings is 1. The Balaban J connectivity index is 2.84. The van der Waals surface area contributed by atoms with Crippen molar-refractivity contribution in [2.45, 2.75) is 19.0 Å². The van der Waals surface area contributed by atoms with Crippen LogP contribution in [0.25, 0.3) is 0 Å². The van der Waals surface area contributed by atoms with Gasteiger partial charge in [-0.1, -0.05) is 35.0 Å². The van der Waals surface area contributed by atoms with Gasteiger partial charge in [0.15, 0.2) is 0 Å². The predicted molar refractivity (Wildman–Crippen MR) is 55.1 cm³/mol. The molecule has 1 aromatic carbocycles. The van der Waals surface area contributed by atoms with Crippen molar-refractivity contribution in [3.8, 4) is 0 Å². The number of carboxylic acid groups (broad SMARTS) is 1. The van der Waals surface area contributed by atoms with Crippen LogP contribution in [0, 0.1) is 0 Å². The topological polar surface area (TPSA) is 37.3 Å². The number of aliphatic carboxylic acids is 1. The second-order valence-corrected chi connectivity index (χ2v) is 4.00. The van der Waals surface area contributed by atoms with Crippen LogP contribution in [0.4, 0.5) is 4.39 Å². The van der Waals surface area contributed by atoms with Crippen LogP contribution in [0.5, 0.6) is 0 Å². The van der Waals surface area contributed by atoms with Crippen LogP contribution in [0.2, 0.25) is 0 Å². The van der Waals surface area contributed by atoms with Gasteiger partial charge in [0.05, 0.1) is 0 Å². The predicted octanol–water partition coefficient (Wildman–Crippen LogP) is 2.98. The van der Waals surface area contributed by atoms with Crippen molar-refractivity contribution >= 4 is 21.9 Å². The zero-order valence-electron chi connectivity index (χ0n) is 7.58. The molecule has 14 heavy (non-hydrogen) atoms. The number of carboxylic acids is 1. The van der Waals surface area contributed by atoms with E-state index in [1.54, 1.807) is 31.2 Å². The molecule has 0 aliphatic carbocycles. The summed E-state index contributed by atoms with van der Waals surface area (Å²) < 4.78 is 14.0. The summed E-state index contributed by atoms with van der Waals surface area (Å²) in [7, 11) is 0. The molecular weight excluding hydrogens is 251 g/mol. The van der Waals surface area contributed by atoms with Crippen LogP contribution in [-0.4, -0.2) is 17.2 Å². The minimum Gasteiger partial charge on any atom is -0.479 e. The van der Waals surface area contributed by atoms with E-state index < -0.39 is 18.1 Å². The lowest BCUT2D eigenvalue weighted by atomic mass is 9.96. The fourth-order valence-electron chi connectivity index (χ4n) is 1.15. The molecule has 0 heterocycles. The van der Waals surface area contributed by atoms with Gasteiger partial charge in [-0.25, -0.2) is 9.18 Å². The van der Waals surface area contributed by atoms with Crippen molar-refractivity contribution < 1.29 is 14.3 Å². The maximum atomic E-state index is 13.1. The first-order valence-electron chi connectivity index (χ1n) is 4.14. The molecule has 0 saturated heterocycles. The van der Waals surface area contributed by atoms with E-state index in [2.05, 4.69) is 15.9 Å². The smallest absolute Gasteiger partial charge is 0.338 e. The molecular formula is C10H10BrFO2. The lowest BCUT2D eigenvalue weighted by molar-refractivity contribution is -0.143. The van der Waals surface area contributed by atoms with Crippen LogP contribution < -0.4 is 0 Å². The van der Waals surface area contributed by atoms with Gasteiger partial charge in [0.1, 0.15) is 0 Å². The number of hydrogen-bond acceptors (Lipinski definition) is 1. The Bertz CT molecular complexity index is 323. The highest BCUT2D eigenvalue weighted by Gasteiger charge is 2.24. The van der Waals surface area contributed by atoms with E-state index in [9.17, 15) is 9.18 Å². The molecule has 1 rings (SSSR count). The number of carbonyl (C=O) groups is 1. The van der Waals surface area contributed by atoms with Gasteiger partial charge >= 0.3 is 5.97 Å². The first-order chi connectivity index (χ1) is 6.52. The minimum absolute atomic E-state index is 0.624. The maximum Gasteiger partial charge on any atom is 0.338 e. The average Bonchev–Trinajstić information content (AvgIpc) is 2.16. The van der Waals surface area contributed by atoms with Crippen molar-refractivity contribution in [1.82, 2.24) is 0 Å². The van der Waals surface area contributed by atoms with E-state index in [1.165, 1.54) is 0 Å². The van der Waals surface area contributed by atoms with Gasteiger partial charge in [-0.2, -0.15) is 0 Å². The zero-order valence-corrected chi connectivity index (χ0v) is 9.16. The summed E-state index contributed by atoms with van der Waals surface area (Å²) in [6.07, 6.45) is -1.85. The van der Waals surface area contributed by atoms with Gasteiger partial charge in [0.25, 0.3) is 0 Å². The van der Waals surface area contributed by atoms with E-state index in [0.29, 0.717) is 5.56 Å². The third-order valence-electron chi connectivity index (χ3n) is 2.07. The molecule has 4 heteroatoms. The van der Waals surface area contributed by atoms with E-state index in [-0.39, 0.29) is 0 Å². The normalized spacial score (nSPS) is 14.8. The molecule has 0 bridgehead atoms. The van der Waals surface area contributed by atoms with E-state index in [0.717, 1.165) is 4.47 Å². The molecule has 0 aliphatic heterocycles. The second-order valence-electron chi connectivity index (χ2n) is 3.08. The lowest BCUT2D eigenvalue weighted by Crippen LogP contribution is -2.21. The van der Waals surface area contributed by atoms with Gasteiger partial charge in [-0.15, -0.1) is 0 Å². The summed E-state index contributed by atoms with van der Waals surface area (Å²) in [5, 5.41) is 8.48. The monoisotopic (exact) mass is 260 g/mol. The quantitative estimate of drug-likeness (QED) is 0.908. The van der Waals surface area contributed by atoms with Gasteiger partial charge in [0, 0.05) is 10.4 Å². The Morgan fingerprint density at radius 1 is 1.43 bits per heavy atom. The van der Waals surface area contributed by atoms with E-state index in [1.807, 2.05) is 0 Å². The third-order valence-corrected chi connectivity index (χ3v) is 2.60. The van der Waals surface area contributed by atoms with Crippen molar-refractivity contribution in [3.63, 3.8) is 0 Å². The zero-order chi connectivity index (χ0) is 10.7. The minimum atomic E-state index is -1.85. The summed E-state index contributed by atoms with van der Waals surface area (Å²) in [5.74, 6) is -2.04. The largest absolute Gasteiger partial charge is 0.479 e. The molecule has 0 fully saturated rings. The van der Waals surface area contributed by atoms with Crippen LogP contribution in [0.1, 0.15) is 18.4 Å². The number of rotatable bonds is 3. The van der Waals surface area contributed by atoms with E-state index >= 15 is 0 Å². The first-order valence-corrected chi connectivity index (χ1v) is 4.94. The standard InChI is InChI=1S/C10H10BrFO2/c1-6(9(12)10(13)14)7-2-4-8(11)5-3-7/h2-6,9H,1H3,(H,13,14). The van der Waals surface area contributed by atoms with Crippen molar-refractivity contribution in [1.29, 1.82) is 0 Å². The molecule has 1 N–H and O–H groups in total. The lowest BCUT2D eigenvalue weighted by Gasteiger charge is -2.13. The fourth-order valence-corrected chi connectivity index (χ4v) is 1.41. The fraction of sp³-hybridized carbons (Fsp3) is 0.300. The molecule has 0 saturated carbocycles. The Kier molecular flexibility index (Phi) is 3.63. The Morgan fingerprint density at radius 2 is 1.93 bits per heavy atom. The first kappa shape index (κ1) is 11.2. The van der Waals surface area contributed by atoms with Gasteiger partial charge < -0.3 is 5.11 Å². The van der Waals surface area contributed by atoms with Gasteiger partial charge in [0.2, 0.25) is 6.17 Å². The molecule has 2 unspecified atom stereocenters. The highest BCUT2D eigenvalue weighted by Crippen LogP contribution is 2.23. The molecule has 0 aliphatic rings. The van der Waals surface area contributed by atoms with Crippen molar-refractivity contribution in [2.75, 3.05) is 0 Å². The summed E-state index contributed by atoms with van der Waals surface area (Å²) in [5.41, 5.74) is 0.683. The summed E-state index contributed by atoms with van der Waals surface area (Å²) >= 11 is 3.25. The maximum absolute atomic E-state index is 13.1.